The van der Waals surface area contributed by atoms with Gasteiger partial charge in [0.2, 0.25) is 0 Å². The van der Waals surface area contributed by atoms with E-state index >= 15 is 0 Å². The summed E-state index contributed by atoms with van der Waals surface area (Å²) in [5, 5.41) is 11.8. The average Bonchev–Trinajstić information content (AvgIpc) is 2.26. The molecule has 0 aromatic heterocycles. The van der Waals surface area contributed by atoms with Crippen LogP contribution in [0.5, 0.6) is 0 Å². The van der Waals surface area contributed by atoms with Crippen LogP contribution in [-0.4, -0.2) is 29.0 Å². The molecule has 0 heterocycles. The van der Waals surface area contributed by atoms with Gasteiger partial charge in [0, 0.05) is 18.2 Å². The van der Waals surface area contributed by atoms with Crippen molar-refractivity contribution in [3.63, 3.8) is 0 Å². The van der Waals surface area contributed by atoms with Crippen molar-refractivity contribution in [2.45, 2.75) is 31.8 Å². The fraction of sp³-hybridized carbons (Fsp3) is 0.462. The Morgan fingerprint density at radius 3 is 2.76 bits per heavy atom. The molecule has 0 bridgehead atoms. The van der Waals surface area contributed by atoms with Gasteiger partial charge in [-0.25, -0.2) is 0 Å². The first-order valence-electron chi connectivity index (χ1n) is 5.98. The molecule has 0 spiro atoms. The van der Waals surface area contributed by atoms with Crippen molar-refractivity contribution in [1.82, 2.24) is 4.90 Å². The van der Waals surface area contributed by atoms with Gasteiger partial charge in [-0.15, -0.1) is 0 Å². The van der Waals surface area contributed by atoms with Crippen molar-refractivity contribution in [3.8, 4) is 0 Å². The van der Waals surface area contributed by atoms with Crippen LogP contribution in [0.3, 0.4) is 0 Å². The third-order valence-corrected chi connectivity index (χ3v) is 3.52. The van der Waals surface area contributed by atoms with Gasteiger partial charge in [0.1, 0.15) is 0 Å². The van der Waals surface area contributed by atoms with Gasteiger partial charge in [0.15, 0.2) is 5.84 Å². The molecule has 0 atom stereocenters. The lowest BCUT2D eigenvalue weighted by Crippen LogP contribution is -2.37. The zero-order valence-electron chi connectivity index (χ0n) is 10.1. The maximum Gasteiger partial charge on any atom is 0.170 e. The number of benzene rings is 1. The topological polar surface area (TPSA) is 61.8 Å². The quantitative estimate of drug-likeness (QED) is 0.360. The van der Waals surface area contributed by atoms with E-state index in [0.29, 0.717) is 6.04 Å². The molecule has 1 aliphatic carbocycles. The second-order valence-electron chi connectivity index (χ2n) is 4.64. The molecule has 0 radical (unpaired) electrons. The van der Waals surface area contributed by atoms with Crippen molar-refractivity contribution in [3.05, 3.63) is 35.4 Å². The third kappa shape index (κ3) is 2.58. The first kappa shape index (κ1) is 11.9. The number of amidine groups is 1. The van der Waals surface area contributed by atoms with Crippen molar-refractivity contribution in [2.24, 2.45) is 10.9 Å². The van der Waals surface area contributed by atoms with E-state index in [9.17, 15) is 0 Å². The molecule has 1 saturated carbocycles. The minimum absolute atomic E-state index is 0.183. The van der Waals surface area contributed by atoms with E-state index in [1.165, 1.54) is 19.3 Å². The summed E-state index contributed by atoms with van der Waals surface area (Å²) >= 11 is 0. The lowest BCUT2D eigenvalue weighted by atomic mass is 9.91. The van der Waals surface area contributed by atoms with E-state index in [1.807, 2.05) is 24.3 Å². The van der Waals surface area contributed by atoms with Gasteiger partial charge < -0.3 is 10.9 Å². The molecule has 3 N–H and O–H groups in total. The Morgan fingerprint density at radius 2 is 2.18 bits per heavy atom. The van der Waals surface area contributed by atoms with Gasteiger partial charge in [-0.2, -0.15) is 0 Å². The highest BCUT2D eigenvalue weighted by atomic mass is 16.4. The predicted octanol–water partition coefficient (Wildman–Crippen LogP) is 1.77. The Morgan fingerprint density at radius 1 is 1.47 bits per heavy atom. The zero-order chi connectivity index (χ0) is 12.3. The highest BCUT2D eigenvalue weighted by molar-refractivity contribution is 5.98. The molecule has 1 aliphatic rings. The number of oxime groups is 1. The molecule has 1 aromatic rings. The van der Waals surface area contributed by atoms with Gasteiger partial charge in [0.25, 0.3) is 0 Å². The van der Waals surface area contributed by atoms with Gasteiger partial charge in [-0.1, -0.05) is 35.8 Å². The molecule has 0 unspecified atom stereocenters. The Kier molecular flexibility index (Phi) is 3.64. The average molecular weight is 233 g/mol. The van der Waals surface area contributed by atoms with Crippen LogP contribution in [0.15, 0.2) is 29.4 Å². The summed E-state index contributed by atoms with van der Waals surface area (Å²) in [4.78, 5) is 2.34. The van der Waals surface area contributed by atoms with E-state index in [2.05, 4.69) is 17.1 Å². The summed E-state index contributed by atoms with van der Waals surface area (Å²) in [5.74, 6) is 0.183. The van der Waals surface area contributed by atoms with Gasteiger partial charge >= 0.3 is 0 Å². The maximum atomic E-state index is 8.76. The lowest BCUT2D eigenvalue weighted by Gasteiger charge is -2.35. The highest BCUT2D eigenvalue weighted by Gasteiger charge is 2.22. The van der Waals surface area contributed by atoms with Gasteiger partial charge in [-0.3, -0.25) is 4.90 Å². The highest BCUT2D eigenvalue weighted by Crippen LogP contribution is 2.25. The summed E-state index contributed by atoms with van der Waals surface area (Å²) in [7, 11) is 2.13. The second-order valence-corrected chi connectivity index (χ2v) is 4.64. The van der Waals surface area contributed by atoms with Gasteiger partial charge in [-0.05, 0) is 25.5 Å². The normalized spacial score (nSPS) is 17.2. The maximum absolute atomic E-state index is 8.76. The summed E-state index contributed by atoms with van der Waals surface area (Å²) in [6.45, 7) is 0.844. The van der Waals surface area contributed by atoms with Crippen LogP contribution in [0.25, 0.3) is 0 Å². The first-order valence-corrected chi connectivity index (χ1v) is 5.98. The smallest absolute Gasteiger partial charge is 0.170 e. The summed E-state index contributed by atoms with van der Waals surface area (Å²) in [6, 6.07) is 8.50. The van der Waals surface area contributed by atoms with Crippen molar-refractivity contribution >= 4 is 5.84 Å². The van der Waals surface area contributed by atoms with Gasteiger partial charge in [0.05, 0.1) is 0 Å². The lowest BCUT2D eigenvalue weighted by molar-refractivity contribution is 0.152. The number of nitrogens with two attached hydrogens (primary N) is 1. The van der Waals surface area contributed by atoms with E-state index in [-0.39, 0.29) is 5.84 Å². The standard InChI is InChI=1S/C13H19N3O/c1-16(11-6-4-7-11)9-10-5-2-3-8-12(10)13(14)15-17/h2-3,5,8,11,17H,4,6-7,9H2,1H3,(H2,14,15). The van der Waals surface area contributed by atoms with Crippen molar-refractivity contribution in [2.75, 3.05) is 7.05 Å². The molecule has 4 nitrogen and oxygen atoms in total. The Labute approximate surface area is 102 Å². The monoisotopic (exact) mass is 233 g/mol. The first-order chi connectivity index (χ1) is 8.22. The minimum atomic E-state index is 0.183. The molecule has 1 fully saturated rings. The molecule has 1 aromatic carbocycles. The van der Waals surface area contributed by atoms with Crippen LogP contribution in [-0.2, 0) is 6.54 Å². The second kappa shape index (κ2) is 5.19. The van der Waals surface area contributed by atoms with Crippen LogP contribution in [0, 0.1) is 0 Å². The van der Waals surface area contributed by atoms with E-state index < -0.39 is 0 Å². The van der Waals surface area contributed by atoms with E-state index in [0.717, 1.165) is 17.7 Å². The molecule has 2 rings (SSSR count). The molecule has 4 heteroatoms. The minimum Gasteiger partial charge on any atom is -0.409 e. The predicted molar refractivity (Wildman–Crippen MR) is 68.1 cm³/mol. The largest absolute Gasteiger partial charge is 0.409 e. The van der Waals surface area contributed by atoms with E-state index in [1.54, 1.807) is 0 Å². The molecule has 0 amide bonds. The summed E-state index contributed by atoms with van der Waals surface area (Å²) in [6.07, 6.45) is 3.89. The van der Waals surface area contributed by atoms with Crippen LogP contribution in [0.4, 0.5) is 0 Å². The number of hydrogen-bond acceptors (Lipinski definition) is 3. The zero-order valence-corrected chi connectivity index (χ0v) is 10.1. The Hall–Kier alpha value is -1.55. The van der Waals surface area contributed by atoms with Crippen molar-refractivity contribution < 1.29 is 5.21 Å². The number of rotatable bonds is 4. The summed E-state index contributed by atoms with van der Waals surface area (Å²) in [5.41, 5.74) is 7.60. The van der Waals surface area contributed by atoms with Crippen LogP contribution in [0.2, 0.25) is 0 Å². The molecule has 0 saturated heterocycles. The SMILES string of the molecule is CN(Cc1ccccc1/C(N)=N/O)C1CCC1. The number of nitrogens with zero attached hydrogens (tertiary/aromatic N) is 2. The molecule has 17 heavy (non-hydrogen) atoms. The van der Waals surface area contributed by atoms with Crippen LogP contribution in [0.1, 0.15) is 30.4 Å². The van der Waals surface area contributed by atoms with Crippen molar-refractivity contribution in [1.29, 1.82) is 0 Å². The van der Waals surface area contributed by atoms with Crippen LogP contribution < -0.4 is 5.73 Å². The summed E-state index contributed by atoms with van der Waals surface area (Å²) < 4.78 is 0. The third-order valence-electron chi connectivity index (χ3n) is 3.52. The molecular weight excluding hydrogens is 214 g/mol. The van der Waals surface area contributed by atoms with E-state index in [4.69, 9.17) is 10.9 Å². The Bertz CT molecular complexity index is 413. The fourth-order valence-electron chi connectivity index (χ4n) is 2.19. The molecule has 92 valence electrons. The number of hydrogen-bond donors (Lipinski definition) is 2. The molecular formula is C13H19N3O. The Balaban J connectivity index is 2.14. The van der Waals surface area contributed by atoms with Crippen LogP contribution >= 0.6 is 0 Å². The molecule has 0 aliphatic heterocycles. The fourth-order valence-corrected chi connectivity index (χ4v) is 2.19.